The van der Waals surface area contributed by atoms with E-state index in [1.54, 1.807) is 0 Å². The van der Waals surface area contributed by atoms with Crippen molar-refractivity contribution in [1.82, 2.24) is 0 Å². The van der Waals surface area contributed by atoms with E-state index in [-0.39, 0.29) is 5.91 Å². The van der Waals surface area contributed by atoms with Crippen LogP contribution >= 0.6 is 11.3 Å². The molecule has 0 bridgehead atoms. The molecule has 3 N–H and O–H groups in total. The summed E-state index contributed by atoms with van der Waals surface area (Å²) >= 11 is 1.43. The normalized spacial score (nSPS) is 15.0. The Morgan fingerprint density at radius 3 is 2.67 bits per heavy atom. The van der Waals surface area contributed by atoms with Crippen LogP contribution < -0.4 is 16.0 Å². The second-order valence-corrected chi connectivity index (χ2v) is 6.20. The van der Waals surface area contributed by atoms with E-state index in [9.17, 15) is 4.79 Å². The molecule has 1 aromatic carbocycles. The fraction of sp³-hybridized carbons (Fsp3) is 0.312. The summed E-state index contributed by atoms with van der Waals surface area (Å²) in [5.41, 5.74) is 8.69. The summed E-state index contributed by atoms with van der Waals surface area (Å²) in [7, 11) is 0. The first kappa shape index (κ1) is 13.9. The highest BCUT2D eigenvalue weighted by molar-refractivity contribution is 7.12. The minimum Gasteiger partial charge on any atom is -0.397 e. The first-order valence-electron chi connectivity index (χ1n) is 7.23. The van der Waals surface area contributed by atoms with Gasteiger partial charge in [-0.15, -0.1) is 11.3 Å². The van der Waals surface area contributed by atoms with Crippen molar-refractivity contribution < 1.29 is 4.79 Å². The summed E-state index contributed by atoms with van der Waals surface area (Å²) in [6.07, 6.45) is 3.73. The molecular formula is C16H19N3OS. The van der Waals surface area contributed by atoms with Crippen LogP contribution in [-0.4, -0.2) is 19.0 Å². The van der Waals surface area contributed by atoms with Crippen LogP contribution in [0.3, 0.4) is 0 Å². The van der Waals surface area contributed by atoms with Crippen LogP contribution in [0.2, 0.25) is 0 Å². The van der Waals surface area contributed by atoms with Gasteiger partial charge >= 0.3 is 0 Å². The first-order chi connectivity index (χ1) is 10.2. The van der Waals surface area contributed by atoms with Gasteiger partial charge in [0.25, 0.3) is 5.91 Å². The molecule has 1 fully saturated rings. The monoisotopic (exact) mass is 301 g/mol. The number of nitrogen functional groups attached to an aromatic ring is 1. The van der Waals surface area contributed by atoms with Crippen LogP contribution in [0.4, 0.5) is 17.1 Å². The molecule has 1 saturated heterocycles. The van der Waals surface area contributed by atoms with Gasteiger partial charge in [0.2, 0.25) is 0 Å². The first-order valence-corrected chi connectivity index (χ1v) is 8.11. The number of nitrogens with one attached hydrogen (secondary N) is 1. The molecule has 0 spiro atoms. The third-order valence-electron chi connectivity index (χ3n) is 3.73. The third-order valence-corrected chi connectivity index (χ3v) is 4.60. The van der Waals surface area contributed by atoms with Crippen molar-refractivity contribution in [2.75, 3.05) is 29.0 Å². The molecular weight excluding hydrogens is 282 g/mol. The lowest BCUT2D eigenvalue weighted by Gasteiger charge is -2.30. The predicted molar refractivity (Wildman–Crippen MR) is 89.2 cm³/mol. The lowest BCUT2D eigenvalue weighted by atomic mass is 10.1. The van der Waals surface area contributed by atoms with Crippen LogP contribution in [0.15, 0.2) is 35.7 Å². The summed E-state index contributed by atoms with van der Waals surface area (Å²) in [5.74, 6) is -0.0878. The van der Waals surface area contributed by atoms with Crippen molar-refractivity contribution in [2.45, 2.75) is 19.3 Å². The number of nitrogens with zero attached hydrogens (tertiary/aromatic N) is 1. The number of carbonyl (C=O) groups is 1. The molecule has 2 aromatic rings. The van der Waals surface area contributed by atoms with Crippen molar-refractivity contribution in [3.63, 3.8) is 0 Å². The van der Waals surface area contributed by atoms with E-state index in [0.29, 0.717) is 4.88 Å². The molecule has 2 heterocycles. The van der Waals surface area contributed by atoms with E-state index in [2.05, 4.69) is 10.2 Å². The molecule has 1 aliphatic heterocycles. The number of hydrogen-bond acceptors (Lipinski definition) is 4. The highest BCUT2D eigenvalue weighted by Crippen LogP contribution is 2.29. The molecule has 0 atom stereocenters. The maximum absolute atomic E-state index is 12.0. The van der Waals surface area contributed by atoms with Crippen LogP contribution in [0.1, 0.15) is 28.9 Å². The van der Waals surface area contributed by atoms with Crippen molar-refractivity contribution in [2.24, 2.45) is 0 Å². The molecule has 110 valence electrons. The van der Waals surface area contributed by atoms with E-state index in [0.717, 1.165) is 30.2 Å². The standard InChI is InChI=1S/C16H19N3OS/c17-13-11-12(18-16(20)15-5-4-10-21-15)6-7-14(13)19-8-2-1-3-9-19/h4-7,10-11H,1-3,8-9,17H2,(H,18,20). The summed E-state index contributed by atoms with van der Waals surface area (Å²) in [6.45, 7) is 2.12. The Labute approximate surface area is 128 Å². The number of hydrogen-bond donors (Lipinski definition) is 2. The molecule has 0 saturated carbocycles. The average Bonchev–Trinajstić information content (AvgIpc) is 3.02. The van der Waals surface area contributed by atoms with E-state index in [1.807, 2.05) is 35.7 Å². The average molecular weight is 301 g/mol. The molecule has 1 amide bonds. The Bertz CT molecular complexity index is 618. The summed E-state index contributed by atoms with van der Waals surface area (Å²) in [5, 5.41) is 4.78. The highest BCUT2D eigenvalue weighted by Gasteiger charge is 2.14. The Hall–Kier alpha value is -2.01. The SMILES string of the molecule is Nc1cc(NC(=O)c2cccs2)ccc1N1CCCCC1. The summed E-state index contributed by atoms with van der Waals surface area (Å²) < 4.78 is 0. The Kier molecular flexibility index (Phi) is 4.10. The zero-order valence-electron chi connectivity index (χ0n) is 11.8. The largest absolute Gasteiger partial charge is 0.397 e. The fourth-order valence-corrected chi connectivity index (χ4v) is 3.27. The van der Waals surface area contributed by atoms with Gasteiger partial charge in [-0.3, -0.25) is 4.79 Å². The van der Waals surface area contributed by atoms with Gasteiger partial charge < -0.3 is 16.0 Å². The third kappa shape index (κ3) is 3.19. The van der Waals surface area contributed by atoms with Gasteiger partial charge in [0, 0.05) is 18.8 Å². The number of carbonyl (C=O) groups excluding carboxylic acids is 1. The molecule has 5 heteroatoms. The molecule has 4 nitrogen and oxygen atoms in total. The Morgan fingerprint density at radius 2 is 2.00 bits per heavy atom. The van der Waals surface area contributed by atoms with Gasteiger partial charge in [-0.2, -0.15) is 0 Å². The highest BCUT2D eigenvalue weighted by atomic mass is 32.1. The second kappa shape index (κ2) is 6.18. The molecule has 1 aliphatic rings. The minimum atomic E-state index is -0.0878. The number of rotatable bonds is 3. The van der Waals surface area contributed by atoms with Gasteiger partial charge in [0.05, 0.1) is 16.3 Å². The zero-order chi connectivity index (χ0) is 14.7. The van der Waals surface area contributed by atoms with Crippen molar-refractivity contribution >= 4 is 34.3 Å². The predicted octanol–water partition coefficient (Wildman–Crippen LogP) is 3.57. The van der Waals surface area contributed by atoms with E-state index < -0.39 is 0 Å². The number of benzene rings is 1. The van der Waals surface area contributed by atoms with E-state index in [1.165, 1.54) is 30.6 Å². The molecule has 0 aliphatic carbocycles. The van der Waals surface area contributed by atoms with E-state index >= 15 is 0 Å². The molecule has 3 rings (SSSR count). The van der Waals surface area contributed by atoms with Gasteiger partial charge in [0.15, 0.2) is 0 Å². The molecule has 21 heavy (non-hydrogen) atoms. The smallest absolute Gasteiger partial charge is 0.265 e. The number of anilines is 3. The van der Waals surface area contributed by atoms with Crippen LogP contribution in [0.25, 0.3) is 0 Å². The lowest BCUT2D eigenvalue weighted by Crippen LogP contribution is -2.30. The van der Waals surface area contributed by atoms with E-state index in [4.69, 9.17) is 5.73 Å². The lowest BCUT2D eigenvalue weighted by molar-refractivity contribution is 0.103. The fourth-order valence-electron chi connectivity index (χ4n) is 2.66. The van der Waals surface area contributed by atoms with Crippen LogP contribution in [0, 0.1) is 0 Å². The van der Waals surface area contributed by atoms with Gasteiger partial charge in [-0.25, -0.2) is 0 Å². The van der Waals surface area contributed by atoms with Crippen molar-refractivity contribution in [3.05, 3.63) is 40.6 Å². The maximum atomic E-state index is 12.0. The molecule has 1 aromatic heterocycles. The summed E-state index contributed by atoms with van der Waals surface area (Å²) in [6, 6.07) is 9.45. The van der Waals surface area contributed by atoms with Crippen molar-refractivity contribution in [1.29, 1.82) is 0 Å². The molecule has 0 unspecified atom stereocenters. The quantitative estimate of drug-likeness (QED) is 0.852. The van der Waals surface area contributed by atoms with Crippen LogP contribution in [0.5, 0.6) is 0 Å². The molecule has 0 radical (unpaired) electrons. The minimum absolute atomic E-state index is 0.0878. The number of thiophene rings is 1. The maximum Gasteiger partial charge on any atom is 0.265 e. The number of piperidine rings is 1. The number of nitrogens with two attached hydrogens (primary N) is 1. The second-order valence-electron chi connectivity index (χ2n) is 5.25. The van der Waals surface area contributed by atoms with Crippen molar-refractivity contribution in [3.8, 4) is 0 Å². The Balaban J connectivity index is 1.73. The zero-order valence-corrected chi connectivity index (χ0v) is 12.7. The van der Waals surface area contributed by atoms with Gasteiger partial charge in [-0.05, 0) is 48.9 Å². The topological polar surface area (TPSA) is 58.4 Å². The van der Waals surface area contributed by atoms with Gasteiger partial charge in [0.1, 0.15) is 0 Å². The summed E-state index contributed by atoms with van der Waals surface area (Å²) in [4.78, 5) is 15.0. The number of amides is 1. The van der Waals surface area contributed by atoms with Gasteiger partial charge in [-0.1, -0.05) is 6.07 Å². The van der Waals surface area contributed by atoms with Crippen LogP contribution in [-0.2, 0) is 0 Å². The Morgan fingerprint density at radius 1 is 1.19 bits per heavy atom.